The lowest BCUT2D eigenvalue weighted by Gasteiger charge is -2.25. The number of hydrogen-bond donors (Lipinski definition) is 1. The second kappa shape index (κ2) is 8.23. The van der Waals surface area contributed by atoms with Crippen LogP contribution in [0.2, 0.25) is 0 Å². The van der Waals surface area contributed by atoms with Crippen LogP contribution in [-0.2, 0) is 9.53 Å². The summed E-state index contributed by atoms with van der Waals surface area (Å²) in [6.45, 7) is 6.45. The fraction of sp³-hybridized carbons (Fsp3) is 0.579. The summed E-state index contributed by atoms with van der Waals surface area (Å²) < 4.78 is 10.4. The zero-order valence-electron chi connectivity index (χ0n) is 15.5. The molecule has 6 nitrogen and oxygen atoms in total. The maximum atomic E-state index is 12.5. The first-order chi connectivity index (χ1) is 11.8. The van der Waals surface area contributed by atoms with Gasteiger partial charge >= 0.3 is 6.09 Å². The molecule has 1 N–H and O–H groups in total. The second-order valence-corrected chi connectivity index (χ2v) is 7.20. The van der Waals surface area contributed by atoms with Gasteiger partial charge in [0.15, 0.2) is 0 Å². The number of nitrogens with zero attached hydrogens (tertiary/aromatic N) is 1. The first-order valence-electron chi connectivity index (χ1n) is 8.70. The quantitative estimate of drug-likeness (QED) is 0.887. The summed E-state index contributed by atoms with van der Waals surface area (Å²) in [6.07, 6.45) is 1.72. The summed E-state index contributed by atoms with van der Waals surface area (Å²) in [6, 6.07) is 7.95. The van der Waals surface area contributed by atoms with E-state index >= 15 is 0 Å². The van der Waals surface area contributed by atoms with Gasteiger partial charge in [-0.2, -0.15) is 0 Å². The molecular formula is C19H28N2O4. The van der Waals surface area contributed by atoms with Crippen LogP contribution in [0.4, 0.5) is 4.79 Å². The van der Waals surface area contributed by atoms with Gasteiger partial charge in [0, 0.05) is 19.5 Å². The zero-order chi connectivity index (χ0) is 18.4. The number of methoxy groups -OCH3 is 1. The number of amides is 2. The Bertz CT molecular complexity index is 592. The molecule has 0 spiro atoms. The predicted molar refractivity (Wildman–Crippen MR) is 95.5 cm³/mol. The Kier molecular flexibility index (Phi) is 6.28. The normalized spacial score (nSPS) is 17.3. The van der Waals surface area contributed by atoms with E-state index in [0.29, 0.717) is 0 Å². The van der Waals surface area contributed by atoms with E-state index in [4.69, 9.17) is 9.47 Å². The molecule has 1 aliphatic heterocycles. The summed E-state index contributed by atoms with van der Waals surface area (Å²) in [5, 5.41) is 2.64. The van der Waals surface area contributed by atoms with Crippen molar-refractivity contribution in [3.63, 3.8) is 0 Å². The van der Waals surface area contributed by atoms with E-state index in [1.165, 1.54) is 0 Å². The van der Waals surface area contributed by atoms with Gasteiger partial charge in [0.05, 0.1) is 13.2 Å². The summed E-state index contributed by atoms with van der Waals surface area (Å²) in [4.78, 5) is 26.1. The van der Waals surface area contributed by atoms with E-state index in [1.54, 1.807) is 27.9 Å². The Hall–Kier alpha value is -2.24. The number of alkyl carbamates (subject to hydrolysis) is 1. The summed E-state index contributed by atoms with van der Waals surface area (Å²) in [7, 11) is 1.64. The van der Waals surface area contributed by atoms with E-state index in [2.05, 4.69) is 5.32 Å². The van der Waals surface area contributed by atoms with Gasteiger partial charge in [-0.1, -0.05) is 12.1 Å². The van der Waals surface area contributed by atoms with Gasteiger partial charge in [0.2, 0.25) is 5.91 Å². The molecule has 1 saturated heterocycles. The van der Waals surface area contributed by atoms with Gasteiger partial charge in [0.25, 0.3) is 0 Å². The van der Waals surface area contributed by atoms with Crippen molar-refractivity contribution < 1.29 is 19.1 Å². The summed E-state index contributed by atoms with van der Waals surface area (Å²) in [5.74, 6) is 0.857. The molecule has 2 rings (SSSR count). The summed E-state index contributed by atoms with van der Waals surface area (Å²) in [5.41, 5.74) is 0.578. The van der Waals surface area contributed by atoms with Gasteiger partial charge < -0.3 is 19.7 Å². The van der Waals surface area contributed by atoms with Gasteiger partial charge in [-0.05, 0) is 51.3 Å². The predicted octanol–water partition coefficient (Wildman–Crippen LogP) is 3.27. The van der Waals surface area contributed by atoms with Gasteiger partial charge in [0.1, 0.15) is 11.4 Å². The zero-order valence-corrected chi connectivity index (χ0v) is 15.5. The first kappa shape index (κ1) is 19.1. The van der Waals surface area contributed by atoms with Crippen molar-refractivity contribution in [1.29, 1.82) is 0 Å². The van der Waals surface area contributed by atoms with Crippen LogP contribution in [-0.4, -0.2) is 42.7 Å². The molecule has 0 aliphatic carbocycles. The molecule has 0 radical (unpaired) electrons. The largest absolute Gasteiger partial charge is 0.497 e. The van der Waals surface area contributed by atoms with E-state index < -0.39 is 11.7 Å². The van der Waals surface area contributed by atoms with Crippen LogP contribution in [0, 0.1) is 0 Å². The average Bonchev–Trinajstić information content (AvgIpc) is 3.02. The standard InChI is InChI=1S/C19H28N2O4/c1-19(2,3)25-18(23)20-12-11-17(22)21-13-5-6-16(21)14-7-9-15(24-4)10-8-14/h7-10,16H,5-6,11-13H2,1-4H3,(H,20,23). The van der Waals surface area contributed by atoms with Gasteiger partial charge in [-0.3, -0.25) is 4.79 Å². The molecule has 1 fully saturated rings. The molecule has 0 bridgehead atoms. The lowest BCUT2D eigenvalue weighted by Crippen LogP contribution is -2.36. The minimum atomic E-state index is -0.539. The van der Waals surface area contributed by atoms with Gasteiger partial charge in [-0.15, -0.1) is 0 Å². The SMILES string of the molecule is COc1ccc(C2CCCN2C(=O)CCNC(=O)OC(C)(C)C)cc1. The maximum Gasteiger partial charge on any atom is 0.407 e. The van der Waals surface area contributed by atoms with Crippen LogP contribution in [0.15, 0.2) is 24.3 Å². The van der Waals surface area contributed by atoms with Crippen LogP contribution in [0.3, 0.4) is 0 Å². The van der Waals surface area contributed by atoms with E-state index in [-0.39, 0.29) is 24.9 Å². The van der Waals surface area contributed by atoms with Gasteiger partial charge in [-0.25, -0.2) is 4.79 Å². The molecule has 1 aliphatic rings. The molecule has 6 heteroatoms. The molecule has 1 aromatic carbocycles. The topological polar surface area (TPSA) is 67.9 Å². The molecule has 1 atom stereocenters. The fourth-order valence-electron chi connectivity index (χ4n) is 2.97. The number of benzene rings is 1. The monoisotopic (exact) mass is 348 g/mol. The summed E-state index contributed by atoms with van der Waals surface area (Å²) >= 11 is 0. The average molecular weight is 348 g/mol. The van der Waals surface area contributed by atoms with Crippen molar-refractivity contribution in [3.05, 3.63) is 29.8 Å². The smallest absolute Gasteiger partial charge is 0.407 e. The molecule has 138 valence electrons. The molecule has 25 heavy (non-hydrogen) atoms. The van der Waals surface area contributed by atoms with Crippen LogP contribution in [0.5, 0.6) is 5.75 Å². The van der Waals surface area contributed by atoms with Crippen LogP contribution in [0.25, 0.3) is 0 Å². The van der Waals surface area contributed by atoms with Crippen molar-refractivity contribution in [2.45, 2.75) is 51.7 Å². The molecule has 1 heterocycles. The van der Waals surface area contributed by atoms with Crippen molar-refractivity contribution >= 4 is 12.0 Å². The molecule has 0 saturated carbocycles. The third-order valence-electron chi connectivity index (χ3n) is 4.08. The first-order valence-corrected chi connectivity index (χ1v) is 8.70. The van der Waals surface area contributed by atoms with E-state index in [9.17, 15) is 9.59 Å². The fourth-order valence-corrected chi connectivity index (χ4v) is 2.97. The number of likely N-dealkylation sites (tertiary alicyclic amines) is 1. The highest BCUT2D eigenvalue weighted by molar-refractivity contribution is 5.78. The van der Waals surface area contributed by atoms with Crippen molar-refractivity contribution in [2.75, 3.05) is 20.2 Å². The molecular weight excluding hydrogens is 320 g/mol. The minimum absolute atomic E-state index is 0.0503. The highest BCUT2D eigenvalue weighted by atomic mass is 16.6. The lowest BCUT2D eigenvalue weighted by molar-refractivity contribution is -0.132. The molecule has 1 unspecified atom stereocenters. The molecule has 2 amide bonds. The van der Waals surface area contributed by atoms with Crippen LogP contribution in [0.1, 0.15) is 51.6 Å². The van der Waals surface area contributed by atoms with Crippen molar-refractivity contribution in [3.8, 4) is 5.75 Å². The number of carbonyl (C=O) groups is 2. The number of rotatable bonds is 5. The second-order valence-electron chi connectivity index (χ2n) is 7.20. The number of nitrogens with one attached hydrogen (secondary N) is 1. The highest BCUT2D eigenvalue weighted by Crippen LogP contribution is 2.33. The molecule has 1 aromatic rings. The third kappa shape index (κ3) is 5.66. The molecule has 0 aromatic heterocycles. The van der Waals surface area contributed by atoms with E-state index in [0.717, 1.165) is 30.7 Å². The maximum absolute atomic E-state index is 12.5. The van der Waals surface area contributed by atoms with Crippen LogP contribution >= 0.6 is 0 Å². The Balaban J connectivity index is 1.86. The Labute approximate surface area is 149 Å². The Morgan fingerprint density at radius 1 is 1.24 bits per heavy atom. The van der Waals surface area contributed by atoms with Crippen molar-refractivity contribution in [1.82, 2.24) is 10.2 Å². The number of ether oxygens (including phenoxy) is 2. The van der Waals surface area contributed by atoms with Crippen LogP contribution < -0.4 is 10.1 Å². The Morgan fingerprint density at radius 2 is 1.92 bits per heavy atom. The van der Waals surface area contributed by atoms with E-state index in [1.807, 2.05) is 29.2 Å². The highest BCUT2D eigenvalue weighted by Gasteiger charge is 2.29. The third-order valence-corrected chi connectivity index (χ3v) is 4.08. The lowest BCUT2D eigenvalue weighted by atomic mass is 10.0. The number of hydrogen-bond acceptors (Lipinski definition) is 4. The Morgan fingerprint density at radius 3 is 2.52 bits per heavy atom. The number of carbonyl (C=O) groups excluding carboxylic acids is 2. The van der Waals surface area contributed by atoms with Crippen molar-refractivity contribution in [2.24, 2.45) is 0 Å². The minimum Gasteiger partial charge on any atom is -0.497 e.